The number of para-hydroxylation sites is 1. The van der Waals surface area contributed by atoms with Crippen LogP contribution in [0.4, 0.5) is 0 Å². The maximum atomic E-state index is 12.4. The number of hydrogen-bond acceptors (Lipinski definition) is 4. The summed E-state index contributed by atoms with van der Waals surface area (Å²) in [6, 6.07) is 9.53. The van der Waals surface area contributed by atoms with E-state index >= 15 is 0 Å². The number of ether oxygens (including phenoxy) is 1. The highest BCUT2D eigenvalue weighted by Crippen LogP contribution is 2.18. The van der Waals surface area contributed by atoms with E-state index in [-0.39, 0.29) is 30.2 Å². The molecule has 1 aromatic carbocycles. The zero-order valence-corrected chi connectivity index (χ0v) is 15.2. The molecular formula is C17H23N3O4S. The molecule has 2 aromatic rings. The van der Waals surface area contributed by atoms with Gasteiger partial charge in [0, 0.05) is 31.7 Å². The molecule has 3 rings (SSSR count). The summed E-state index contributed by atoms with van der Waals surface area (Å²) in [7, 11) is -0.313. The topological polar surface area (TPSA) is 80.6 Å². The lowest BCUT2D eigenvalue weighted by molar-refractivity contribution is -0.122. The third-order valence-corrected chi connectivity index (χ3v) is 6.48. The number of amides is 1. The number of fused-ring (bicyclic) bond motifs is 1. The second-order valence-electron chi connectivity index (χ2n) is 6.53. The van der Waals surface area contributed by atoms with E-state index in [2.05, 4.69) is 5.32 Å². The van der Waals surface area contributed by atoms with Crippen molar-refractivity contribution in [3.8, 4) is 0 Å². The third-order valence-electron chi connectivity index (χ3n) is 4.52. The number of carbonyl (C=O) groups is 1. The molecule has 8 heteroatoms. The number of sulfonamides is 1. The Morgan fingerprint density at radius 1 is 1.28 bits per heavy atom. The highest BCUT2D eigenvalue weighted by molar-refractivity contribution is 7.89. The molecule has 1 fully saturated rings. The molecule has 0 radical (unpaired) electrons. The molecule has 0 spiro atoms. The minimum absolute atomic E-state index is 0.0304. The van der Waals surface area contributed by atoms with E-state index in [1.165, 1.54) is 18.4 Å². The zero-order valence-electron chi connectivity index (χ0n) is 14.4. The second kappa shape index (κ2) is 7.15. The van der Waals surface area contributed by atoms with Crippen molar-refractivity contribution in [2.24, 2.45) is 5.92 Å². The Bertz CT molecular complexity index is 860. The van der Waals surface area contributed by atoms with Crippen LogP contribution in [0.15, 0.2) is 36.5 Å². The van der Waals surface area contributed by atoms with Gasteiger partial charge in [0.15, 0.2) is 0 Å². The molecule has 0 unspecified atom stereocenters. The van der Waals surface area contributed by atoms with Crippen LogP contribution in [0.1, 0.15) is 0 Å². The first-order chi connectivity index (χ1) is 11.9. The molecular weight excluding hydrogens is 342 g/mol. The Kier molecular flexibility index (Phi) is 5.12. The summed E-state index contributed by atoms with van der Waals surface area (Å²) in [6.45, 7) is 0.868. The highest BCUT2D eigenvalue weighted by Gasteiger charge is 2.34. The summed E-state index contributed by atoms with van der Waals surface area (Å²) in [6.07, 6.45) is 1.88. The standard InChI is InChI=1S/C17H23N3O4S/c1-19(2)25(22,23)12-14-10-24-11-15(14)18-17(21)9-20-8-7-13-5-3-4-6-16(13)20/h3-8,14-15H,9-12H2,1-2H3,(H,18,21)/t14-,15-/m0/s1. The van der Waals surface area contributed by atoms with Gasteiger partial charge in [-0.15, -0.1) is 0 Å². The predicted molar refractivity (Wildman–Crippen MR) is 95.7 cm³/mol. The van der Waals surface area contributed by atoms with E-state index in [1.54, 1.807) is 0 Å². The van der Waals surface area contributed by atoms with Crippen LogP contribution >= 0.6 is 0 Å². The van der Waals surface area contributed by atoms with Crippen LogP contribution in [-0.2, 0) is 26.1 Å². The van der Waals surface area contributed by atoms with Gasteiger partial charge in [0.25, 0.3) is 0 Å². The van der Waals surface area contributed by atoms with Gasteiger partial charge < -0.3 is 14.6 Å². The van der Waals surface area contributed by atoms with Crippen molar-refractivity contribution in [2.75, 3.05) is 33.1 Å². The van der Waals surface area contributed by atoms with Gasteiger partial charge in [0.1, 0.15) is 6.54 Å². The van der Waals surface area contributed by atoms with Crippen molar-refractivity contribution in [1.29, 1.82) is 0 Å². The molecule has 1 amide bonds. The van der Waals surface area contributed by atoms with Gasteiger partial charge in [0.05, 0.1) is 25.0 Å². The van der Waals surface area contributed by atoms with Gasteiger partial charge in [-0.1, -0.05) is 18.2 Å². The monoisotopic (exact) mass is 365 g/mol. The van der Waals surface area contributed by atoms with Crippen molar-refractivity contribution in [3.63, 3.8) is 0 Å². The number of aromatic nitrogens is 1. The van der Waals surface area contributed by atoms with E-state index in [0.717, 1.165) is 10.9 Å². The van der Waals surface area contributed by atoms with Crippen LogP contribution in [-0.4, -0.2) is 62.3 Å². The SMILES string of the molecule is CN(C)S(=O)(=O)C[C@@H]1COC[C@@H]1NC(=O)Cn1ccc2ccccc21. The Morgan fingerprint density at radius 3 is 2.80 bits per heavy atom. The summed E-state index contributed by atoms with van der Waals surface area (Å²) in [5, 5.41) is 4.00. The van der Waals surface area contributed by atoms with E-state index in [4.69, 9.17) is 4.74 Å². The van der Waals surface area contributed by atoms with Gasteiger partial charge in [0.2, 0.25) is 15.9 Å². The number of benzene rings is 1. The van der Waals surface area contributed by atoms with Crippen molar-refractivity contribution < 1.29 is 17.9 Å². The molecule has 1 aromatic heterocycles. The van der Waals surface area contributed by atoms with Gasteiger partial charge in [-0.2, -0.15) is 0 Å². The largest absolute Gasteiger partial charge is 0.379 e. The smallest absolute Gasteiger partial charge is 0.240 e. The molecule has 1 N–H and O–H groups in total. The molecule has 136 valence electrons. The average molecular weight is 365 g/mol. The van der Waals surface area contributed by atoms with Crippen LogP contribution in [0.3, 0.4) is 0 Å². The van der Waals surface area contributed by atoms with Gasteiger partial charge in [-0.05, 0) is 17.5 Å². The Labute approximate surface area is 147 Å². The molecule has 1 aliphatic rings. The lowest BCUT2D eigenvalue weighted by Gasteiger charge is -2.21. The van der Waals surface area contributed by atoms with E-state index in [9.17, 15) is 13.2 Å². The third kappa shape index (κ3) is 4.02. The Balaban J connectivity index is 1.64. The quantitative estimate of drug-likeness (QED) is 0.816. The minimum atomic E-state index is -3.33. The van der Waals surface area contributed by atoms with Crippen molar-refractivity contribution in [1.82, 2.24) is 14.2 Å². The number of nitrogens with zero attached hydrogens (tertiary/aromatic N) is 2. The number of nitrogens with one attached hydrogen (secondary N) is 1. The number of hydrogen-bond donors (Lipinski definition) is 1. The van der Waals surface area contributed by atoms with Crippen LogP contribution in [0.2, 0.25) is 0 Å². The molecule has 0 saturated carbocycles. The number of carbonyl (C=O) groups excluding carboxylic acids is 1. The van der Waals surface area contributed by atoms with Crippen molar-refractivity contribution >= 4 is 26.8 Å². The fourth-order valence-corrected chi connectivity index (χ4v) is 4.20. The zero-order chi connectivity index (χ0) is 18.0. The predicted octanol–water partition coefficient (Wildman–Crippen LogP) is 0.664. The molecule has 7 nitrogen and oxygen atoms in total. The lowest BCUT2D eigenvalue weighted by atomic mass is 10.1. The van der Waals surface area contributed by atoms with Crippen molar-refractivity contribution in [2.45, 2.75) is 12.6 Å². The molecule has 0 bridgehead atoms. The first-order valence-electron chi connectivity index (χ1n) is 8.18. The lowest BCUT2D eigenvalue weighted by Crippen LogP contribution is -2.44. The van der Waals surface area contributed by atoms with Crippen LogP contribution < -0.4 is 5.32 Å². The highest BCUT2D eigenvalue weighted by atomic mass is 32.2. The van der Waals surface area contributed by atoms with Crippen molar-refractivity contribution in [3.05, 3.63) is 36.5 Å². The van der Waals surface area contributed by atoms with E-state index in [1.807, 2.05) is 41.1 Å². The first kappa shape index (κ1) is 17.9. The minimum Gasteiger partial charge on any atom is -0.379 e. The van der Waals surface area contributed by atoms with Crippen LogP contribution in [0.5, 0.6) is 0 Å². The van der Waals surface area contributed by atoms with Crippen LogP contribution in [0.25, 0.3) is 10.9 Å². The molecule has 25 heavy (non-hydrogen) atoms. The summed E-state index contributed by atoms with van der Waals surface area (Å²) < 4.78 is 32.6. The van der Waals surface area contributed by atoms with Crippen LogP contribution in [0, 0.1) is 5.92 Å². The molecule has 1 saturated heterocycles. The Morgan fingerprint density at radius 2 is 2.04 bits per heavy atom. The summed E-state index contributed by atoms with van der Waals surface area (Å²) >= 11 is 0. The molecule has 1 aliphatic heterocycles. The summed E-state index contributed by atoms with van der Waals surface area (Å²) in [5.41, 5.74) is 0.993. The second-order valence-corrected chi connectivity index (χ2v) is 8.76. The maximum absolute atomic E-state index is 12.4. The van der Waals surface area contributed by atoms with E-state index < -0.39 is 10.0 Å². The van der Waals surface area contributed by atoms with Gasteiger partial charge in [-0.3, -0.25) is 4.79 Å². The summed E-state index contributed by atoms with van der Waals surface area (Å²) in [4.78, 5) is 12.4. The average Bonchev–Trinajstić information content (AvgIpc) is 3.15. The first-order valence-corrected chi connectivity index (χ1v) is 9.79. The summed E-state index contributed by atoms with van der Waals surface area (Å²) in [5.74, 6) is -0.418. The maximum Gasteiger partial charge on any atom is 0.240 e. The fraction of sp³-hybridized carbons (Fsp3) is 0.471. The van der Waals surface area contributed by atoms with Gasteiger partial charge in [-0.25, -0.2) is 12.7 Å². The van der Waals surface area contributed by atoms with Gasteiger partial charge >= 0.3 is 0 Å². The molecule has 2 heterocycles. The Hall–Kier alpha value is -1.90. The van der Waals surface area contributed by atoms with E-state index in [0.29, 0.717) is 13.2 Å². The molecule has 2 atom stereocenters. The normalized spacial score (nSPS) is 21.1. The fourth-order valence-electron chi connectivity index (χ4n) is 3.03. The molecule has 0 aliphatic carbocycles. The number of rotatable bonds is 6.